The van der Waals surface area contributed by atoms with Crippen LogP contribution >= 0.6 is 0 Å². The Balaban J connectivity index is 3.75. The van der Waals surface area contributed by atoms with E-state index < -0.39 is 6.10 Å². The minimum absolute atomic E-state index is 0.0515. The molecule has 0 fully saturated rings. The lowest BCUT2D eigenvalue weighted by Crippen LogP contribution is -2.30. The third kappa shape index (κ3) is 45.6. The predicted octanol–water partition coefficient (Wildman–Crippen LogP) is 15.7. The van der Waals surface area contributed by atoms with Crippen LogP contribution in [0.25, 0.3) is 0 Å². The molecule has 0 heterocycles. The van der Waals surface area contributed by atoms with Crippen LogP contribution in [-0.4, -0.2) is 51.6 Å². The lowest BCUT2D eigenvalue weighted by Gasteiger charge is -2.18. The van der Waals surface area contributed by atoms with E-state index in [1.54, 1.807) is 7.11 Å². The van der Waals surface area contributed by atoms with E-state index in [9.17, 15) is 9.59 Å². The third-order valence-electron chi connectivity index (χ3n) is 11.4. The fourth-order valence-corrected chi connectivity index (χ4v) is 7.67. The molecule has 6 nitrogen and oxygen atoms in total. The van der Waals surface area contributed by atoms with Gasteiger partial charge in [0.25, 0.3) is 0 Å². The van der Waals surface area contributed by atoms with Crippen molar-refractivity contribution in [1.29, 1.82) is 0 Å². The maximum Gasteiger partial charge on any atom is 0.306 e. The molecule has 1 unspecified atom stereocenters. The van der Waals surface area contributed by atoms with Gasteiger partial charge >= 0.3 is 11.9 Å². The van der Waals surface area contributed by atoms with Gasteiger partial charge < -0.3 is 18.9 Å². The minimum atomic E-state index is -0.575. The Morgan fingerprint density at radius 2 is 0.643 bits per heavy atom. The molecule has 0 aromatic heterocycles. The molecule has 334 valence electrons. The lowest BCUT2D eigenvalue weighted by molar-refractivity contribution is -0.163. The van der Waals surface area contributed by atoms with E-state index in [1.807, 2.05) is 0 Å². The highest BCUT2D eigenvalue weighted by Gasteiger charge is 2.17. The molecule has 0 aromatic rings. The Kier molecular flexibility index (Phi) is 47.2. The zero-order chi connectivity index (χ0) is 40.7. The van der Waals surface area contributed by atoms with Gasteiger partial charge in [-0.3, -0.25) is 9.59 Å². The molecule has 0 spiro atoms. The van der Waals surface area contributed by atoms with Crippen LogP contribution in [0.4, 0.5) is 0 Å². The molecular weight excluding hydrogens is 697 g/mol. The first-order valence-electron chi connectivity index (χ1n) is 25.1. The number of esters is 2. The van der Waals surface area contributed by atoms with E-state index in [0.717, 1.165) is 25.7 Å². The highest BCUT2D eigenvalue weighted by molar-refractivity contribution is 5.70. The summed E-state index contributed by atoms with van der Waals surface area (Å²) >= 11 is 0. The van der Waals surface area contributed by atoms with Crippen molar-refractivity contribution in [3.8, 4) is 0 Å². The Hall–Kier alpha value is -1.14. The SMILES string of the molecule is CCCCCCCCCCCCCCCCCCCCCC(=O)OCC(COCCOC)OC(=O)CCCCCCCCCCCCCCCCCCCCC. The van der Waals surface area contributed by atoms with Crippen LogP contribution in [0.1, 0.15) is 271 Å². The van der Waals surface area contributed by atoms with Crippen molar-refractivity contribution in [1.82, 2.24) is 0 Å². The molecule has 0 N–H and O–H groups in total. The Morgan fingerprint density at radius 3 is 0.946 bits per heavy atom. The standard InChI is InChI=1S/C50H98O6/c1-4-6-8-10-12-14-16-18-20-22-24-26-28-30-32-34-36-38-40-42-49(51)55-47-48(46-54-45-44-53-3)56-50(52)43-41-39-37-35-33-31-29-27-25-23-21-19-17-15-13-11-9-7-5-2/h48H,4-47H2,1-3H3. The number of ether oxygens (including phenoxy) is 4. The van der Waals surface area contributed by atoms with Crippen LogP contribution in [0, 0.1) is 0 Å². The zero-order valence-corrected chi connectivity index (χ0v) is 38.1. The average Bonchev–Trinajstić information content (AvgIpc) is 3.20. The number of hydrogen-bond donors (Lipinski definition) is 0. The summed E-state index contributed by atoms with van der Waals surface area (Å²) in [6.07, 6.45) is 50.9. The van der Waals surface area contributed by atoms with Gasteiger partial charge in [0.2, 0.25) is 0 Å². The molecule has 0 radical (unpaired) electrons. The summed E-state index contributed by atoms with van der Waals surface area (Å²) in [6, 6.07) is 0. The van der Waals surface area contributed by atoms with E-state index in [1.165, 1.54) is 218 Å². The molecule has 0 aliphatic rings. The molecule has 0 aromatic carbocycles. The van der Waals surface area contributed by atoms with Crippen molar-refractivity contribution >= 4 is 11.9 Å². The van der Waals surface area contributed by atoms with E-state index in [4.69, 9.17) is 18.9 Å². The van der Waals surface area contributed by atoms with E-state index in [-0.39, 0.29) is 25.2 Å². The number of methoxy groups -OCH3 is 1. The van der Waals surface area contributed by atoms with Gasteiger partial charge in [-0.05, 0) is 12.8 Å². The fraction of sp³-hybridized carbons (Fsp3) is 0.960. The normalized spacial score (nSPS) is 12.0. The first kappa shape index (κ1) is 54.9. The maximum atomic E-state index is 12.6. The van der Waals surface area contributed by atoms with Crippen molar-refractivity contribution in [3.63, 3.8) is 0 Å². The monoisotopic (exact) mass is 795 g/mol. The molecule has 0 saturated carbocycles. The smallest absolute Gasteiger partial charge is 0.306 e. The van der Waals surface area contributed by atoms with Crippen LogP contribution < -0.4 is 0 Å². The molecule has 0 saturated heterocycles. The number of carbonyl (C=O) groups is 2. The van der Waals surface area contributed by atoms with Gasteiger partial charge in [0.15, 0.2) is 6.10 Å². The largest absolute Gasteiger partial charge is 0.462 e. The van der Waals surface area contributed by atoms with Gasteiger partial charge in [-0.1, -0.05) is 245 Å². The van der Waals surface area contributed by atoms with Crippen LogP contribution in [-0.2, 0) is 28.5 Å². The molecule has 6 heteroatoms. The maximum absolute atomic E-state index is 12.6. The quantitative estimate of drug-likeness (QED) is 0.0451. The van der Waals surface area contributed by atoms with E-state index >= 15 is 0 Å². The summed E-state index contributed by atoms with van der Waals surface area (Å²) in [5.41, 5.74) is 0. The highest BCUT2D eigenvalue weighted by atomic mass is 16.6. The lowest BCUT2D eigenvalue weighted by atomic mass is 10.0. The second-order valence-electron chi connectivity index (χ2n) is 17.1. The summed E-state index contributed by atoms with van der Waals surface area (Å²) in [5.74, 6) is -0.444. The first-order valence-corrected chi connectivity index (χ1v) is 25.1. The fourth-order valence-electron chi connectivity index (χ4n) is 7.67. The van der Waals surface area contributed by atoms with Gasteiger partial charge in [0.1, 0.15) is 6.61 Å². The van der Waals surface area contributed by atoms with Crippen molar-refractivity contribution < 1.29 is 28.5 Å². The number of unbranched alkanes of at least 4 members (excludes halogenated alkanes) is 36. The minimum Gasteiger partial charge on any atom is -0.462 e. The number of carbonyl (C=O) groups excluding carboxylic acids is 2. The Bertz CT molecular complexity index is 773. The topological polar surface area (TPSA) is 71.1 Å². The van der Waals surface area contributed by atoms with E-state index in [2.05, 4.69) is 13.8 Å². The van der Waals surface area contributed by atoms with E-state index in [0.29, 0.717) is 26.1 Å². The summed E-state index contributed by atoms with van der Waals surface area (Å²) in [6.45, 7) is 5.72. The number of hydrogen-bond acceptors (Lipinski definition) is 6. The number of rotatable bonds is 48. The van der Waals surface area contributed by atoms with Crippen molar-refractivity contribution in [2.75, 3.05) is 33.5 Å². The van der Waals surface area contributed by atoms with Gasteiger partial charge in [-0.25, -0.2) is 0 Å². The third-order valence-corrected chi connectivity index (χ3v) is 11.4. The van der Waals surface area contributed by atoms with Gasteiger partial charge in [-0.2, -0.15) is 0 Å². The van der Waals surface area contributed by atoms with Gasteiger partial charge in [0, 0.05) is 20.0 Å². The van der Waals surface area contributed by atoms with Crippen LogP contribution in [0.15, 0.2) is 0 Å². The molecule has 0 aliphatic heterocycles. The highest BCUT2D eigenvalue weighted by Crippen LogP contribution is 2.17. The molecule has 0 bridgehead atoms. The van der Waals surface area contributed by atoms with Crippen LogP contribution in [0.3, 0.4) is 0 Å². The second-order valence-corrected chi connectivity index (χ2v) is 17.1. The zero-order valence-electron chi connectivity index (χ0n) is 38.1. The molecular formula is C50H98O6. The first-order chi connectivity index (χ1) is 27.6. The molecule has 0 amide bonds. The van der Waals surface area contributed by atoms with Gasteiger partial charge in [-0.15, -0.1) is 0 Å². The predicted molar refractivity (Wildman–Crippen MR) is 240 cm³/mol. The Labute approximate surface area is 349 Å². The Morgan fingerprint density at radius 1 is 0.357 bits per heavy atom. The molecule has 56 heavy (non-hydrogen) atoms. The van der Waals surface area contributed by atoms with Crippen molar-refractivity contribution in [2.24, 2.45) is 0 Å². The summed E-state index contributed by atoms with van der Waals surface area (Å²) in [7, 11) is 1.63. The summed E-state index contributed by atoms with van der Waals surface area (Å²) in [5, 5.41) is 0. The van der Waals surface area contributed by atoms with Crippen molar-refractivity contribution in [2.45, 2.75) is 277 Å². The summed E-state index contributed by atoms with van der Waals surface area (Å²) < 4.78 is 21.9. The van der Waals surface area contributed by atoms with Gasteiger partial charge in [0.05, 0.1) is 19.8 Å². The average molecular weight is 795 g/mol. The van der Waals surface area contributed by atoms with Crippen molar-refractivity contribution in [3.05, 3.63) is 0 Å². The molecule has 0 rings (SSSR count). The van der Waals surface area contributed by atoms with Crippen LogP contribution in [0.2, 0.25) is 0 Å². The summed E-state index contributed by atoms with van der Waals surface area (Å²) in [4.78, 5) is 25.0. The second kappa shape index (κ2) is 48.2. The molecule has 0 aliphatic carbocycles. The molecule has 1 atom stereocenters. The van der Waals surface area contributed by atoms with Crippen LogP contribution in [0.5, 0.6) is 0 Å².